The fourth-order valence-electron chi connectivity index (χ4n) is 1.85. The van der Waals surface area contributed by atoms with Crippen LogP contribution in [0.4, 0.5) is 11.8 Å². The highest BCUT2D eigenvalue weighted by Crippen LogP contribution is 2.20. The molecule has 0 aliphatic carbocycles. The number of aromatic amines is 1. The van der Waals surface area contributed by atoms with Crippen LogP contribution in [-0.4, -0.2) is 44.5 Å². The third kappa shape index (κ3) is 3.57. The van der Waals surface area contributed by atoms with Crippen molar-refractivity contribution in [2.75, 3.05) is 23.7 Å². The van der Waals surface area contributed by atoms with Crippen LogP contribution in [0.5, 0.6) is 0 Å². The second-order valence-electron chi connectivity index (χ2n) is 4.73. The lowest BCUT2D eigenvalue weighted by Crippen LogP contribution is -2.14. The van der Waals surface area contributed by atoms with Crippen LogP contribution in [0.3, 0.4) is 0 Å². The summed E-state index contributed by atoms with van der Waals surface area (Å²) in [5, 5.41) is 23.7. The zero-order valence-corrected chi connectivity index (χ0v) is 12.0. The van der Waals surface area contributed by atoms with E-state index in [0.29, 0.717) is 24.6 Å². The summed E-state index contributed by atoms with van der Waals surface area (Å²) in [5.74, 6) is 1.33. The Labute approximate surface area is 118 Å². The van der Waals surface area contributed by atoms with Gasteiger partial charge in [0.05, 0.1) is 17.7 Å². The average Bonchev–Trinajstić information content (AvgIpc) is 2.93. The van der Waals surface area contributed by atoms with Crippen molar-refractivity contribution in [2.24, 2.45) is 0 Å². The quantitative estimate of drug-likeness (QED) is 0.587. The fraction of sp³-hybridized carbons (Fsp3) is 0.615. The van der Waals surface area contributed by atoms with Gasteiger partial charge in [-0.15, -0.1) is 0 Å². The predicted molar refractivity (Wildman–Crippen MR) is 79.9 cm³/mol. The summed E-state index contributed by atoms with van der Waals surface area (Å²) < 4.78 is 0. The van der Waals surface area contributed by atoms with Crippen LogP contribution in [0, 0.1) is 0 Å². The van der Waals surface area contributed by atoms with Crippen molar-refractivity contribution in [2.45, 2.75) is 39.2 Å². The molecule has 0 radical (unpaired) electrons. The molecule has 0 fully saturated rings. The van der Waals surface area contributed by atoms with Crippen LogP contribution >= 0.6 is 0 Å². The molecule has 0 saturated carbocycles. The SMILES string of the molecule is CCCNc1nc(NCCC(O)CC)c2cn[nH]c2n1. The fourth-order valence-corrected chi connectivity index (χ4v) is 1.85. The number of aromatic nitrogens is 4. The van der Waals surface area contributed by atoms with Crippen molar-refractivity contribution in [3.63, 3.8) is 0 Å². The van der Waals surface area contributed by atoms with Crippen LogP contribution in [0.25, 0.3) is 11.0 Å². The highest BCUT2D eigenvalue weighted by Gasteiger charge is 2.09. The molecular formula is C13H22N6O. The van der Waals surface area contributed by atoms with Gasteiger partial charge in [-0.25, -0.2) is 0 Å². The van der Waals surface area contributed by atoms with Crippen molar-refractivity contribution in [1.82, 2.24) is 20.2 Å². The van der Waals surface area contributed by atoms with E-state index >= 15 is 0 Å². The lowest BCUT2D eigenvalue weighted by molar-refractivity contribution is 0.164. The van der Waals surface area contributed by atoms with E-state index in [0.717, 1.165) is 30.6 Å². The molecule has 2 heterocycles. The molecule has 20 heavy (non-hydrogen) atoms. The number of aliphatic hydroxyl groups excluding tert-OH is 1. The van der Waals surface area contributed by atoms with E-state index in [-0.39, 0.29) is 6.10 Å². The van der Waals surface area contributed by atoms with Crippen LogP contribution in [-0.2, 0) is 0 Å². The van der Waals surface area contributed by atoms with E-state index in [2.05, 4.69) is 37.7 Å². The van der Waals surface area contributed by atoms with E-state index in [1.54, 1.807) is 6.20 Å². The zero-order valence-electron chi connectivity index (χ0n) is 12.0. The van der Waals surface area contributed by atoms with Crippen molar-refractivity contribution in [3.05, 3.63) is 6.20 Å². The van der Waals surface area contributed by atoms with Crippen LogP contribution < -0.4 is 10.6 Å². The molecule has 1 unspecified atom stereocenters. The first-order chi connectivity index (χ1) is 9.74. The minimum absolute atomic E-state index is 0.276. The number of hydrogen-bond acceptors (Lipinski definition) is 6. The first-order valence-corrected chi connectivity index (χ1v) is 7.11. The number of anilines is 2. The van der Waals surface area contributed by atoms with Crippen molar-refractivity contribution < 1.29 is 5.11 Å². The Hall–Kier alpha value is -1.89. The third-order valence-corrected chi connectivity index (χ3v) is 3.08. The van der Waals surface area contributed by atoms with E-state index in [1.807, 2.05) is 6.92 Å². The van der Waals surface area contributed by atoms with Gasteiger partial charge in [0.15, 0.2) is 5.65 Å². The molecule has 0 saturated heterocycles. The third-order valence-electron chi connectivity index (χ3n) is 3.08. The molecule has 0 amide bonds. The minimum atomic E-state index is -0.276. The molecule has 0 aromatic carbocycles. The van der Waals surface area contributed by atoms with E-state index in [4.69, 9.17) is 0 Å². The molecule has 7 heteroatoms. The Morgan fingerprint density at radius 3 is 2.85 bits per heavy atom. The largest absolute Gasteiger partial charge is 0.393 e. The molecule has 7 nitrogen and oxygen atoms in total. The van der Waals surface area contributed by atoms with Crippen LogP contribution in [0.1, 0.15) is 33.1 Å². The van der Waals surface area contributed by atoms with E-state index < -0.39 is 0 Å². The maximum absolute atomic E-state index is 9.58. The molecule has 0 bridgehead atoms. The zero-order chi connectivity index (χ0) is 14.4. The van der Waals surface area contributed by atoms with Crippen LogP contribution in [0.15, 0.2) is 6.20 Å². The molecule has 0 aliphatic heterocycles. The summed E-state index contributed by atoms with van der Waals surface area (Å²) in [7, 11) is 0. The van der Waals surface area contributed by atoms with Gasteiger partial charge in [0.2, 0.25) is 5.95 Å². The number of rotatable bonds is 8. The minimum Gasteiger partial charge on any atom is -0.393 e. The molecular weight excluding hydrogens is 256 g/mol. The van der Waals surface area contributed by atoms with Crippen molar-refractivity contribution in [1.29, 1.82) is 0 Å². The normalized spacial score (nSPS) is 12.6. The standard InChI is InChI=1S/C13H22N6O/c1-3-6-15-13-17-11(14-7-5-9(20)4-2)10-8-16-19-12(10)18-13/h8-9,20H,3-7H2,1-2H3,(H3,14,15,16,17,18,19). The molecule has 0 aliphatic rings. The lowest BCUT2D eigenvalue weighted by atomic mass is 10.2. The molecule has 110 valence electrons. The average molecular weight is 278 g/mol. The van der Waals surface area contributed by atoms with Gasteiger partial charge in [-0.2, -0.15) is 15.1 Å². The van der Waals surface area contributed by atoms with Gasteiger partial charge < -0.3 is 15.7 Å². The van der Waals surface area contributed by atoms with Gasteiger partial charge in [0.1, 0.15) is 5.82 Å². The summed E-state index contributed by atoms with van der Waals surface area (Å²) in [6.45, 7) is 5.55. The van der Waals surface area contributed by atoms with Gasteiger partial charge in [-0.3, -0.25) is 5.10 Å². The smallest absolute Gasteiger partial charge is 0.226 e. The number of fused-ring (bicyclic) bond motifs is 1. The topological polar surface area (TPSA) is 98.8 Å². The Morgan fingerprint density at radius 1 is 1.25 bits per heavy atom. The molecule has 2 aromatic heterocycles. The number of nitrogens with one attached hydrogen (secondary N) is 3. The Bertz CT molecular complexity index is 541. The molecule has 0 spiro atoms. The highest BCUT2D eigenvalue weighted by atomic mass is 16.3. The summed E-state index contributed by atoms with van der Waals surface area (Å²) in [6, 6.07) is 0. The monoisotopic (exact) mass is 278 g/mol. The van der Waals surface area contributed by atoms with Gasteiger partial charge in [0.25, 0.3) is 0 Å². The predicted octanol–water partition coefficient (Wildman–Crippen LogP) is 1.75. The summed E-state index contributed by atoms with van der Waals surface area (Å²) in [5.41, 5.74) is 0.706. The second-order valence-corrected chi connectivity index (χ2v) is 4.73. The van der Waals surface area contributed by atoms with Crippen molar-refractivity contribution in [3.8, 4) is 0 Å². The Morgan fingerprint density at radius 2 is 2.10 bits per heavy atom. The first-order valence-electron chi connectivity index (χ1n) is 7.11. The number of hydrogen-bond donors (Lipinski definition) is 4. The second kappa shape index (κ2) is 7.04. The molecule has 4 N–H and O–H groups in total. The first kappa shape index (κ1) is 14.5. The van der Waals surface area contributed by atoms with E-state index in [9.17, 15) is 5.11 Å². The number of H-pyrrole nitrogens is 1. The Kier molecular flexibility index (Phi) is 5.11. The van der Waals surface area contributed by atoms with Gasteiger partial charge in [0, 0.05) is 13.1 Å². The van der Waals surface area contributed by atoms with E-state index in [1.165, 1.54) is 0 Å². The highest BCUT2D eigenvalue weighted by molar-refractivity contribution is 5.86. The number of nitrogens with zero attached hydrogens (tertiary/aromatic N) is 3. The summed E-state index contributed by atoms with van der Waals surface area (Å²) in [4.78, 5) is 8.82. The summed E-state index contributed by atoms with van der Waals surface area (Å²) in [6.07, 6.45) is 3.89. The molecule has 2 rings (SSSR count). The van der Waals surface area contributed by atoms with Crippen LogP contribution in [0.2, 0.25) is 0 Å². The van der Waals surface area contributed by atoms with Gasteiger partial charge >= 0.3 is 0 Å². The maximum atomic E-state index is 9.58. The molecule has 1 atom stereocenters. The van der Waals surface area contributed by atoms with Crippen molar-refractivity contribution >= 4 is 22.8 Å². The summed E-state index contributed by atoms with van der Waals surface area (Å²) >= 11 is 0. The Balaban J connectivity index is 2.10. The lowest BCUT2D eigenvalue weighted by Gasteiger charge is -2.11. The number of aliphatic hydroxyl groups is 1. The molecule has 2 aromatic rings. The van der Waals surface area contributed by atoms with Gasteiger partial charge in [-0.05, 0) is 19.3 Å². The maximum Gasteiger partial charge on any atom is 0.226 e. The van der Waals surface area contributed by atoms with Gasteiger partial charge in [-0.1, -0.05) is 13.8 Å².